The molecule has 134 valence electrons. The Morgan fingerprint density at radius 2 is 1.91 bits per heavy atom. The second-order valence-corrected chi connectivity index (χ2v) is 6.75. The number of amides is 1. The Hall–Kier alpha value is -1.46. The summed E-state index contributed by atoms with van der Waals surface area (Å²) in [5.41, 5.74) is 6.02. The smallest absolute Gasteiger partial charge is 0.407 e. The Balaban J connectivity index is 2.47. The first kappa shape index (κ1) is 19.6. The van der Waals surface area contributed by atoms with Gasteiger partial charge in [0.1, 0.15) is 0 Å². The van der Waals surface area contributed by atoms with Crippen LogP contribution >= 0.6 is 0 Å². The fraction of sp³-hybridized carbons (Fsp3) is 0.882. The van der Waals surface area contributed by atoms with Crippen molar-refractivity contribution in [3.8, 4) is 0 Å². The van der Waals surface area contributed by atoms with Crippen molar-refractivity contribution in [2.45, 2.75) is 77.8 Å². The molecule has 1 amide bonds. The van der Waals surface area contributed by atoms with Gasteiger partial charge in [-0.3, -0.25) is 4.99 Å². The normalized spacial score (nSPS) is 18.3. The summed E-state index contributed by atoms with van der Waals surface area (Å²) in [7, 11) is 0. The predicted molar refractivity (Wildman–Crippen MR) is 94.5 cm³/mol. The molecule has 1 unspecified atom stereocenters. The summed E-state index contributed by atoms with van der Waals surface area (Å²) in [5, 5.41) is 6.20. The van der Waals surface area contributed by atoms with E-state index in [-0.39, 0.29) is 12.1 Å². The van der Waals surface area contributed by atoms with E-state index >= 15 is 0 Å². The van der Waals surface area contributed by atoms with Crippen molar-refractivity contribution in [3.05, 3.63) is 0 Å². The molecule has 0 aromatic heterocycles. The van der Waals surface area contributed by atoms with Crippen LogP contribution in [-0.4, -0.2) is 37.3 Å². The number of hydrogen-bond acceptors (Lipinski definition) is 3. The minimum Gasteiger partial charge on any atom is -0.450 e. The zero-order chi connectivity index (χ0) is 17.1. The van der Waals surface area contributed by atoms with Gasteiger partial charge in [-0.2, -0.15) is 0 Å². The van der Waals surface area contributed by atoms with Crippen LogP contribution in [0.3, 0.4) is 0 Å². The van der Waals surface area contributed by atoms with Gasteiger partial charge in [0.05, 0.1) is 19.2 Å². The topological polar surface area (TPSA) is 88.7 Å². The number of carbonyl (C=O) groups excluding carboxylic acids is 1. The maximum atomic E-state index is 11.6. The van der Waals surface area contributed by atoms with Gasteiger partial charge < -0.3 is 21.1 Å². The number of ether oxygens (including phenoxy) is 1. The summed E-state index contributed by atoms with van der Waals surface area (Å²) in [6.07, 6.45) is 7.92. The van der Waals surface area contributed by atoms with Crippen molar-refractivity contribution in [2.24, 2.45) is 16.6 Å². The lowest BCUT2D eigenvalue weighted by atomic mass is 10.0. The zero-order valence-corrected chi connectivity index (χ0v) is 14.9. The highest BCUT2D eigenvalue weighted by Gasteiger charge is 2.16. The second kappa shape index (κ2) is 11.1. The average Bonchev–Trinajstić information content (AvgIpc) is 2.73. The molecule has 0 aromatic rings. The highest BCUT2D eigenvalue weighted by molar-refractivity contribution is 5.78. The van der Waals surface area contributed by atoms with E-state index in [9.17, 15) is 4.79 Å². The van der Waals surface area contributed by atoms with Crippen molar-refractivity contribution < 1.29 is 9.53 Å². The van der Waals surface area contributed by atoms with Crippen LogP contribution in [0.1, 0.15) is 65.7 Å². The number of nitrogens with zero attached hydrogens (tertiary/aromatic N) is 1. The highest BCUT2D eigenvalue weighted by atomic mass is 16.5. The highest BCUT2D eigenvalue weighted by Crippen LogP contribution is 2.16. The van der Waals surface area contributed by atoms with E-state index in [1.54, 1.807) is 6.92 Å². The van der Waals surface area contributed by atoms with E-state index in [2.05, 4.69) is 29.5 Å². The summed E-state index contributed by atoms with van der Waals surface area (Å²) in [6, 6.07) is 0.381. The van der Waals surface area contributed by atoms with Crippen molar-refractivity contribution in [2.75, 3.05) is 13.2 Å². The van der Waals surface area contributed by atoms with E-state index in [4.69, 9.17) is 10.5 Å². The van der Waals surface area contributed by atoms with Gasteiger partial charge >= 0.3 is 6.09 Å². The molecule has 6 heteroatoms. The van der Waals surface area contributed by atoms with Gasteiger partial charge in [-0.05, 0) is 32.1 Å². The fourth-order valence-corrected chi connectivity index (χ4v) is 2.97. The zero-order valence-electron chi connectivity index (χ0n) is 14.9. The van der Waals surface area contributed by atoms with Gasteiger partial charge in [-0.25, -0.2) is 4.79 Å². The summed E-state index contributed by atoms with van der Waals surface area (Å²) in [6.45, 7) is 6.88. The minimum atomic E-state index is -0.386. The molecule has 1 aliphatic rings. The van der Waals surface area contributed by atoms with Crippen molar-refractivity contribution >= 4 is 12.1 Å². The van der Waals surface area contributed by atoms with Gasteiger partial charge in [-0.15, -0.1) is 0 Å². The molecule has 4 N–H and O–H groups in total. The van der Waals surface area contributed by atoms with E-state index in [1.165, 1.54) is 25.7 Å². The third kappa shape index (κ3) is 9.31. The predicted octanol–water partition coefficient (Wildman–Crippen LogP) is 2.77. The van der Waals surface area contributed by atoms with Gasteiger partial charge in [0, 0.05) is 6.04 Å². The van der Waals surface area contributed by atoms with Crippen LogP contribution in [0.4, 0.5) is 4.79 Å². The van der Waals surface area contributed by atoms with Gasteiger partial charge in [-0.1, -0.05) is 39.5 Å². The maximum Gasteiger partial charge on any atom is 0.407 e. The third-order valence-corrected chi connectivity index (χ3v) is 4.04. The van der Waals surface area contributed by atoms with Crippen LogP contribution < -0.4 is 16.4 Å². The number of rotatable bonds is 7. The largest absolute Gasteiger partial charge is 0.450 e. The number of nitrogens with one attached hydrogen (secondary N) is 2. The van der Waals surface area contributed by atoms with Gasteiger partial charge in [0.25, 0.3) is 0 Å². The van der Waals surface area contributed by atoms with Crippen LogP contribution in [0.5, 0.6) is 0 Å². The van der Waals surface area contributed by atoms with Crippen molar-refractivity contribution in [3.63, 3.8) is 0 Å². The molecule has 0 spiro atoms. The van der Waals surface area contributed by atoms with Crippen LogP contribution in [0.2, 0.25) is 0 Å². The second-order valence-electron chi connectivity index (χ2n) is 6.75. The third-order valence-electron chi connectivity index (χ3n) is 4.04. The Morgan fingerprint density at radius 1 is 1.26 bits per heavy atom. The first-order valence-corrected chi connectivity index (χ1v) is 9.01. The number of nitrogens with two attached hydrogens (primary N) is 1. The van der Waals surface area contributed by atoms with Crippen LogP contribution in [0.15, 0.2) is 4.99 Å². The lowest BCUT2D eigenvalue weighted by Crippen LogP contribution is -2.42. The Morgan fingerprint density at radius 3 is 2.48 bits per heavy atom. The maximum absolute atomic E-state index is 11.6. The number of alkyl carbamates (subject to hydrolysis) is 1. The molecule has 1 saturated carbocycles. The molecule has 0 aliphatic heterocycles. The molecule has 1 atom stereocenters. The van der Waals surface area contributed by atoms with Crippen molar-refractivity contribution in [1.29, 1.82) is 0 Å². The van der Waals surface area contributed by atoms with Crippen molar-refractivity contribution in [1.82, 2.24) is 10.6 Å². The Bertz CT molecular complexity index is 364. The molecular formula is C17H34N4O2. The summed E-state index contributed by atoms with van der Waals surface area (Å²) in [5.74, 6) is 0.949. The fourth-order valence-electron chi connectivity index (χ4n) is 2.97. The molecule has 1 aliphatic carbocycles. The molecule has 6 nitrogen and oxygen atoms in total. The first-order chi connectivity index (χ1) is 11.0. The summed E-state index contributed by atoms with van der Waals surface area (Å²) in [4.78, 5) is 16.0. The van der Waals surface area contributed by atoms with Crippen LogP contribution in [0.25, 0.3) is 0 Å². The SMILES string of the molecule is CCOC(=O)NC(CN=C(N)NC1CCCCCC1)CC(C)C. The monoisotopic (exact) mass is 326 g/mol. The van der Waals surface area contributed by atoms with E-state index in [1.807, 2.05) is 0 Å². The lowest BCUT2D eigenvalue weighted by molar-refractivity contribution is 0.147. The standard InChI is InChI=1S/C17H34N4O2/c1-4-23-17(22)21-15(11-13(2)3)12-19-16(18)20-14-9-7-5-6-8-10-14/h13-15H,4-12H2,1-3H3,(H,21,22)(H3,18,19,20). The van der Waals surface area contributed by atoms with E-state index < -0.39 is 0 Å². The van der Waals surface area contributed by atoms with Gasteiger partial charge in [0.15, 0.2) is 5.96 Å². The minimum absolute atomic E-state index is 0.0523. The van der Waals surface area contributed by atoms with E-state index in [0.717, 1.165) is 19.3 Å². The van der Waals surface area contributed by atoms with Gasteiger partial charge in [0.2, 0.25) is 0 Å². The molecule has 0 heterocycles. The number of carbonyl (C=O) groups is 1. The summed E-state index contributed by atoms with van der Waals surface area (Å²) >= 11 is 0. The summed E-state index contributed by atoms with van der Waals surface area (Å²) < 4.78 is 4.95. The molecule has 23 heavy (non-hydrogen) atoms. The average molecular weight is 326 g/mol. The molecular weight excluding hydrogens is 292 g/mol. The van der Waals surface area contributed by atoms with Crippen LogP contribution in [0, 0.1) is 5.92 Å². The number of hydrogen-bond donors (Lipinski definition) is 3. The Labute approximate surface area is 140 Å². The lowest BCUT2D eigenvalue weighted by Gasteiger charge is -2.20. The van der Waals surface area contributed by atoms with Crippen LogP contribution in [-0.2, 0) is 4.74 Å². The molecule has 1 fully saturated rings. The molecule has 0 aromatic carbocycles. The van der Waals surface area contributed by atoms with E-state index in [0.29, 0.717) is 31.1 Å². The first-order valence-electron chi connectivity index (χ1n) is 9.01. The quantitative estimate of drug-likeness (QED) is 0.381. The molecule has 1 rings (SSSR count). The number of aliphatic imine (C=N–C) groups is 1. The Kier molecular flexibility index (Phi) is 9.48. The number of guanidine groups is 1. The molecule has 0 radical (unpaired) electrons. The molecule has 0 bridgehead atoms. The molecule has 0 saturated heterocycles.